The molecule has 2 aromatic rings. The Hall–Kier alpha value is -1.24. The highest BCUT2D eigenvalue weighted by Gasteiger charge is 2.29. The van der Waals surface area contributed by atoms with Gasteiger partial charge in [0.2, 0.25) is 5.91 Å². The molecule has 1 aliphatic carbocycles. The van der Waals surface area contributed by atoms with Gasteiger partial charge in [-0.2, -0.15) is 0 Å². The summed E-state index contributed by atoms with van der Waals surface area (Å²) < 4.78 is 1.97. The number of nitrogens with one attached hydrogen (secondary N) is 1. The lowest BCUT2D eigenvalue weighted by Crippen LogP contribution is -2.14. The quantitative estimate of drug-likeness (QED) is 0.829. The molecule has 0 spiro atoms. The molecule has 1 aromatic carbocycles. The fourth-order valence-electron chi connectivity index (χ4n) is 2.05. The van der Waals surface area contributed by atoms with Gasteiger partial charge in [-0.15, -0.1) is 10.2 Å². The van der Waals surface area contributed by atoms with E-state index in [1.807, 2.05) is 11.6 Å². The van der Waals surface area contributed by atoms with Gasteiger partial charge in [0.05, 0.1) is 15.8 Å². The van der Waals surface area contributed by atoms with E-state index in [-0.39, 0.29) is 11.7 Å². The number of halogens is 2. The Morgan fingerprint density at radius 2 is 2.14 bits per heavy atom. The van der Waals surface area contributed by atoms with Crippen LogP contribution in [-0.4, -0.2) is 26.4 Å². The van der Waals surface area contributed by atoms with E-state index < -0.39 is 0 Å². The van der Waals surface area contributed by atoms with Crippen molar-refractivity contribution in [3.8, 4) is 0 Å². The summed E-state index contributed by atoms with van der Waals surface area (Å²) in [7, 11) is 1.94. The van der Waals surface area contributed by atoms with Gasteiger partial charge in [0.1, 0.15) is 5.82 Å². The van der Waals surface area contributed by atoms with Crippen molar-refractivity contribution >= 4 is 46.6 Å². The molecule has 22 heavy (non-hydrogen) atoms. The van der Waals surface area contributed by atoms with Gasteiger partial charge in [0.15, 0.2) is 5.16 Å². The van der Waals surface area contributed by atoms with Crippen LogP contribution in [0, 0.1) is 0 Å². The number of aromatic nitrogens is 3. The molecule has 3 rings (SSSR count). The van der Waals surface area contributed by atoms with Crippen molar-refractivity contribution in [2.75, 3.05) is 11.1 Å². The Morgan fingerprint density at radius 3 is 2.82 bits per heavy atom. The first kappa shape index (κ1) is 15.6. The highest BCUT2D eigenvalue weighted by molar-refractivity contribution is 7.99. The lowest BCUT2D eigenvalue weighted by molar-refractivity contribution is -0.113. The highest BCUT2D eigenvalue weighted by Crippen LogP contribution is 2.39. The minimum Gasteiger partial charge on any atom is -0.325 e. The van der Waals surface area contributed by atoms with E-state index in [0.717, 1.165) is 11.0 Å². The first-order valence-corrected chi connectivity index (χ1v) is 8.55. The van der Waals surface area contributed by atoms with Crippen LogP contribution in [0.4, 0.5) is 5.69 Å². The number of carbonyl (C=O) groups is 1. The van der Waals surface area contributed by atoms with E-state index in [2.05, 4.69) is 15.5 Å². The molecular formula is C14H14Cl2N4OS. The Morgan fingerprint density at radius 1 is 1.36 bits per heavy atom. The van der Waals surface area contributed by atoms with Crippen LogP contribution in [0.3, 0.4) is 0 Å². The highest BCUT2D eigenvalue weighted by atomic mass is 35.5. The topological polar surface area (TPSA) is 59.8 Å². The van der Waals surface area contributed by atoms with E-state index in [9.17, 15) is 4.79 Å². The first-order chi connectivity index (χ1) is 10.5. The van der Waals surface area contributed by atoms with Crippen LogP contribution in [-0.2, 0) is 11.8 Å². The number of anilines is 1. The monoisotopic (exact) mass is 356 g/mol. The number of hydrogen-bond donors (Lipinski definition) is 1. The molecule has 8 heteroatoms. The van der Waals surface area contributed by atoms with E-state index in [4.69, 9.17) is 23.2 Å². The standard InChI is InChI=1S/C14H14Cl2N4OS/c1-20-13(8-2-3-8)18-19-14(20)22-7-12(21)17-9-4-5-10(15)11(16)6-9/h4-6,8H,2-3,7H2,1H3,(H,17,21). The molecule has 1 heterocycles. The molecule has 0 atom stereocenters. The summed E-state index contributed by atoms with van der Waals surface area (Å²) in [4.78, 5) is 12.0. The summed E-state index contributed by atoms with van der Waals surface area (Å²) >= 11 is 13.1. The molecule has 1 fully saturated rings. The van der Waals surface area contributed by atoms with Crippen molar-refractivity contribution in [2.45, 2.75) is 23.9 Å². The third kappa shape index (κ3) is 3.56. The van der Waals surface area contributed by atoms with Crippen molar-refractivity contribution in [1.82, 2.24) is 14.8 Å². The summed E-state index contributed by atoms with van der Waals surface area (Å²) in [5.41, 5.74) is 0.622. The van der Waals surface area contributed by atoms with Gasteiger partial charge >= 0.3 is 0 Å². The summed E-state index contributed by atoms with van der Waals surface area (Å²) in [6, 6.07) is 4.99. The number of amides is 1. The van der Waals surface area contributed by atoms with Crippen molar-refractivity contribution in [3.05, 3.63) is 34.1 Å². The average Bonchev–Trinajstić information content (AvgIpc) is 3.25. The van der Waals surface area contributed by atoms with Gasteiger partial charge in [-0.1, -0.05) is 35.0 Å². The summed E-state index contributed by atoms with van der Waals surface area (Å²) in [6.45, 7) is 0. The van der Waals surface area contributed by atoms with Crippen LogP contribution in [0.2, 0.25) is 10.0 Å². The van der Waals surface area contributed by atoms with Crippen LogP contribution >= 0.6 is 35.0 Å². The number of carbonyl (C=O) groups excluding carboxylic acids is 1. The molecule has 116 valence electrons. The number of thioether (sulfide) groups is 1. The predicted octanol–water partition coefficient (Wildman–Crippen LogP) is 3.73. The average molecular weight is 357 g/mol. The van der Waals surface area contributed by atoms with Crippen LogP contribution in [0.5, 0.6) is 0 Å². The zero-order valence-electron chi connectivity index (χ0n) is 11.8. The summed E-state index contributed by atoms with van der Waals surface area (Å²) in [5.74, 6) is 1.68. The van der Waals surface area contributed by atoms with Gasteiger partial charge in [-0.05, 0) is 31.0 Å². The van der Waals surface area contributed by atoms with Crippen molar-refractivity contribution < 1.29 is 4.79 Å². The molecule has 1 saturated carbocycles. The fourth-order valence-corrected chi connectivity index (χ4v) is 3.07. The Balaban J connectivity index is 1.56. The maximum atomic E-state index is 12.0. The van der Waals surface area contributed by atoms with Crippen molar-refractivity contribution in [3.63, 3.8) is 0 Å². The molecule has 0 aliphatic heterocycles. The number of rotatable bonds is 5. The maximum Gasteiger partial charge on any atom is 0.234 e. The number of hydrogen-bond acceptors (Lipinski definition) is 4. The van der Waals surface area contributed by atoms with Crippen LogP contribution in [0.1, 0.15) is 24.6 Å². The minimum atomic E-state index is -0.126. The van der Waals surface area contributed by atoms with Gasteiger partial charge in [-0.3, -0.25) is 4.79 Å². The van der Waals surface area contributed by atoms with E-state index in [0.29, 0.717) is 21.7 Å². The Labute approximate surface area is 142 Å². The molecule has 0 radical (unpaired) electrons. The van der Waals surface area contributed by atoms with Gasteiger partial charge in [0.25, 0.3) is 0 Å². The molecular weight excluding hydrogens is 343 g/mol. The largest absolute Gasteiger partial charge is 0.325 e. The molecule has 0 unspecified atom stereocenters. The molecule has 1 aliphatic rings. The first-order valence-electron chi connectivity index (χ1n) is 6.81. The summed E-state index contributed by atoms with van der Waals surface area (Å²) in [6.07, 6.45) is 2.35. The fraction of sp³-hybridized carbons (Fsp3) is 0.357. The molecule has 1 aromatic heterocycles. The number of nitrogens with zero attached hydrogens (tertiary/aromatic N) is 3. The van der Waals surface area contributed by atoms with Gasteiger partial charge < -0.3 is 9.88 Å². The summed E-state index contributed by atoms with van der Waals surface area (Å²) in [5, 5.41) is 12.7. The SMILES string of the molecule is Cn1c(SCC(=O)Nc2ccc(Cl)c(Cl)c2)nnc1C1CC1. The van der Waals surface area contributed by atoms with Gasteiger partial charge in [-0.25, -0.2) is 0 Å². The molecule has 1 amide bonds. The number of benzene rings is 1. The zero-order chi connectivity index (χ0) is 15.7. The second-order valence-corrected chi connectivity index (χ2v) is 6.90. The van der Waals surface area contributed by atoms with Crippen LogP contribution in [0.25, 0.3) is 0 Å². The minimum absolute atomic E-state index is 0.126. The molecule has 0 saturated heterocycles. The lowest BCUT2D eigenvalue weighted by Gasteiger charge is -2.06. The maximum absolute atomic E-state index is 12.0. The third-order valence-corrected chi connectivity index (χ3v) is 5.11. The van der Waals surface area contributed by atoms with E-state index >= 15 is 0 Å². The van der Waals surface area contributed by atoms with Crippen molar-refractivity contribution in [2.24, 2.45) is 7.05 Å². The Kier molecular flexibility index (Phi) is 4.61. The second kappa shape index (κ2) is 6.48. The van der Waals surface area contributed by atoms with E-state index in [1.54, 1.807) is 18.2 Å². The zero-order valence-corrected chi connectivity index (χ0v) is 14.2. The molecule has 0 bridgehead atoms. The second-order valence-electron chi connectivity index (χ2n) is 5.14. The Bertz CT molecular complexity index is 715. The van der Waals surface area contributed by atoms with Crippen molar-refractivity contribution in [1.29, 1.82) is 0 Å². The van der Waals surface area contributed by atoms with Crippen LogP contribution < -0.4 is 5.32 Å². The molecule has 1 N–H and O–H groups in total. The lowest BCUT2D eigenvalue weighted by atomic mass is 10.3. The molecule has 5 nitrogen and oxygen atoms in total. The van der Waals surface area contributed by atoms with Crippen LogP contribution in [0.15, 0.2) is 23.4 Å². The normalized spacial score (nSPS) is 14.1. The third-order valence-electron chi connectivity index (χ3n) is 3.35. The predicted molar refractivity (Wildman–Crippen MR) is 88.8 cm³/mol. The smallest absolute Gasteiger partial charge is 0.234 e. The van der Waals surface area contributed by atoms with Gasteiger partial charge in [0, 0.05) is 18.7 Å². The van der Waals surface area contributed by atoms with E-state index in [1.165, 1.54) is 24.6 Å².